The van der Waals surface area contributed by atoms with E-state index in [9.17, 15) is 0 Å². The third-order valence-electron chi connectivity index (χ3n) is 2.58. The molecule has 80 valence electrons. The number of thioether (sulfide) groups is 1. The highest BCUT2D eigenvalue weighted by atomic mass is 32.2. The number of nitrogens with zero attached hydrogens (tertiary/aromatic N) is 3. The molecule has 1 aliphatic rings. The van der Waals surface area contributed by atoms with Crippen molar-refractivity contribution in [2.45, 2.75) is 6.42 Å². The summed E-state index contributed by atoms with van der Waals surface area (Å²) in [5, 5.41) is 8.55. The molecule has 0 spiro atoms. The normalized spacial score (nSPS) is 19.4. The van der Waals surface area contributed by atoms with E-state index in [4.69, 9.17) is 5.26 Å². The van der Waals surface area contributed by atoms with Gasteiger partial charge in [-0.25, -0.2) is 0 Å². The molecule has 0 N–H and O–H groups in total. The van der Waals surface area contributed by atoms with Crippen LogP contribution in [0.5, 0.6) is 0 Å². The van der Waals surface area contributed by atoms with E-state index < -0.39 is 0 Å². The first kappa shape index (κ1) is 11.8. The largest absolute Gasteiger partial charge is 0.301 e. The molecule has 1 fully saturated rings. The van der Waals surface area contributed by atoms with Crippen LogP contribution in [0.2, 0.25) is 0 Å². The molecular formula is C10H19N3S. The fourth-order valence-electron chi connectivity index (χ4n) is 1.70. The Morgan fingerprint density at radius 3 is 2.43 bits per heavy atom. The van der Waals surface area contributed by atoms with Gasteiger partial charge in [-0.3, -0.25) is 4.90 Å². The summed E-state index contributed by atoms with van der Waals surface area (Å²) < 4.78 is 0. The van der Waals surface area contributed by atoms with Crippen molar-refractivity contribution in [3.63, 3.8) is 0 Å². The summed E-state index contributed by atoms with van der Waals surface area (Å²) in [5.74, 6) is 1.26. The zero-order valence-corrected chi connectivity index (χ0v) is 9.72. The minimum absolute atomic E-state index is 0.596. The van der Waals surface area contributed by atoms with Crippen molar-refractivity contribution in [1.29, 1.82) is 5.26 Å². The van der Waals surface area contributed by atoms with Crippen LogP contribution >= 0.6 is 11.8 Å². The third-order valence-corrected chi connectivity index (χ3v) is 3.28. The molecule has 0 saturated carbocycles. The lowest BCUT2D eigenvalue weighted by Crippen LogP contribution is -2.46. The van der Waals surface area contributed by atoms with Crippen LogP contribution in [0, 0.1) is 11.3 Å². The van der Waals surface area contributed by atoms with Crippen LogP contribution in [0.3, 0.4) is 0 Å². The lowest BCUT2D eigenvalue weighted by atomic mass is 10.3. The molecule has 0 aromatic heterocycles. The standard InChI is InChI=1S/C10H19N3S/c1-14-10-2-4-12-6-8-13(5-3-11)9-7-12/h2,4-10H2,1H3. The van der Waals surface area contributed by atoms with E-state index in [1.54, 1.807) is 0 Å². The van der Waals surface area contributed by atoms with Gasteiger partial charge in [0.1, 0.15) is 0 Å². The highest BCUT2D eigenvalue weighted by Gasteiger charge is 2.15. The fourth-order valence-corrected chi connectivity index (χ4v) is 2.12. The number of hydrogen-bond acceptors (Lipinski definition) is 4. The van der Waals surface area contributed by atoms with Crippen LogP contribution in [0.4, 0.5) is 0 Å². The molecule has 14 heavy (non-hydrogen) atoms. The van der Waals surface area contributed by atoms with Gasteiger partial charge in [0.25, 0.3) is 0 Å². The minimum Gasteiger partial charge on any atom is -0.301 e. The first-order valence-electron chi connectivity index (χ1n) is 5.17. The van der Waals surface area contributed by atoms with Crippen molar-refractivity contribution >= 4 is 11.8 Å². The summed E-state index contributed by atoms with van der Waals surface area (Å²) in [5.41, 5.74) is 0. The van der Waals surface area contributed by atoms with Crippen molar-refractivity contribution in [3.8, 4) is 6.07 Å². The van der Waals surface area contributed by atoms with Gasteiger partial charge in [-0.1, -0.05) is 0 Å². The van der Waals surface area contributed by atoms with Gasteiger partial charge in [0, 0.05) is 26.2 Å². The summed E-state index contributed by atoms with van der Waals surface area (Å²) >= 11 is 1.92. The van der Waals surface area contributed by atoms with Gasteiger partial charge in [0.2, 0.25) is 0 Å². The van der Waals surface area contributed by atoms with E-state index in [-0.39, 0.29) is 0 Å². The molecule has 1 heterocycles. The maximum absolute atomic E-state index is 8.55. The average molecular weight is 213 g/mol. The van der Waals surface area contributed by atoms with Crippen LogP contribution < -0.4 is 0 Å². The quantitative estimate of drug-likeness (QED) is 0.501. The molecule has 0 aromatic carbocycles. The van der Waals surface area contributed by atoms with Crippen LogP contribution in [-0.2, 0) is 0 Å². The lowest BCUT2D eigenvalue weighted by Gasteiger charge is -2.33. The third kappa shape index (κ3) is 4.32. The molecule has 1 aliphatic heterocycles. The Kier molecular flexibility index (Phi) is 6.00. The average Bonchev–Trinajstić information content (AvgIpc) is 2.21. The maximum atomic E-state index is 8.55. The van der Waals surface area contributed by atoms with Gasteiger partial charge in [0.05, 0.1) is 12.6 Å². The first-order valence-corrected chi connectivity index (χ1v) is 6.57. The molecule has 0 radical (unpaired) electrons. The highest BCUT2D eigenvalue weighted by molar-refractivity contribution is 7.98. The molecule has 0 amide bonds. The second-order valence-corrected chi connectivity index (χ2v) is 4.61. The summed E-state index contributed by atoms with van der Waals surface area (Å²) in [6, 6.07) is 2.21. The molecule has 1 saturated heterocycles. The molecule has 1 rings (SSSR count). The van der Waals surface area contributed by atoms with E-state index in [1.165, 1.54) is 18.7 Å². The van der Waals surface area contributed by atoms with Crippen LogP contribution in [0.25, 0.3) is 0 Å². The van der Waals surface area contributed by atoms with Gasteiger partial charge >= 0.3 is 0 Å². The second kappa shape index (κ2) is 7.10. The summed E-state index contributed by atoms with van der Waals surface area (Å²) in [7, 11) is 0. The summed E-state index contributed by atoms with van der Waals surface area (Å²) in [6.45, 7) is 6.21. The van der Waals surface area contributed by atoms with Crippen molar-refractivity contribution in [1.82, 2.24) is 9.80 Å². The Morgan fingerprint density at radius 2 is 1.86 bits per heavy atom. The van der Waals surface area contributed by atoms with Crippen molar-refractivity contribution in [3.05, 3.63) is 0 Å². The number of piperazine rings is 1. The molecule has 0 bridgehead atoms. The zero-order valence-electron chi connectivity index (χ0n) is 8.91. The Hall–Kier alpha value is -0.240. The molecule has 0 aromatic rings. The highest BCUT2D eigenvalue weighted by Crippen LogP contribution is 2.03. The van der Waals surface area contributed by atoms with Crippen molar-refractivity contribution in [2.75, 3.05) is 51.3 Å². The molecule has 3 nitrogen and oxygen atoms in total. The Morgan fingerprint density at radius 1 is 1.21 bits per heavy atom. The Labute approximate surface area is 91.1 Å². The smallest absolute Gasteiger partial charge is 0.0866 e. The molecule has 4 heteroatoms. The lowest BCUT2D eigenvalue weighted by molar-refractivity contribution is 0.144. The Balaban J connectivity index is 2.07. The summed E-state index contributed by atoms with van der Waals surface area (Å²) in [6.07, 6.45) is 3.45. The topological polar surface area (TPSA) is 30.3 Å². The number of hydrogen-bond donors (Lipinski definition) is 0. The first-order chi connectivity index (χ1) is 6.86. The fraction of sp³-hybridized carbons (Fsp3) is 0.900. The molecule has 0 aliphatic carbocycles. The van der Waals surface area contributed by atoms with Crippen LogP contribution in [0.1, 0.15) is 6.42 Å². The SMILES string of the molecule is CSCCCN1CCN(CC#N)CC1. The monoisotopic (exact) mass is 213 g/mol. The summed E-state index contributed by atoms with van der Waals surface area (Å²) in [4.78, 5) is 4.73. The molecule has 0 atom stereocenters. The van der Waals surface area contributed by atoms with Crippen molar-refractivity contribution in [2.24, 2.45) is 0 Å². The van der Waals surface area contributed by atoms with Gasteiger partial charge in [-0.15, -0.1) is 0 Å². The van der Waals surface area contributed by atoms with E-state index in [0.29, 0.717) is 6.54 Å². The van der Waals surface area contributed by atoms with Crippen LogP contribution in [0.15, 0.2) is 0 Å². The van der Waals surface area contributed by atoms with E-state index in [1.807, 2.05) is 11.8 Å². The second-order valence-electron chi connectivity index (χ2n) is 3.62. The molecular weight excluding hydrogens is 194 g/mol. The van der Waals surface area contributed by atoms with Crippen molar-refractivity contribution < 1.29 is 0 Å². The van der Waals surface area contributed by atoms with Gasteiger partial charge in [-0.2, -0.15) is 17.0 Å². The van der Waals surface area contributed by atoms with E-state index in [0.717, 1.165) is 26.2 Å². The number of rotatable bonds is 5. The predicted octanol–water partition coefficient (Wildman–Crippen LogP) is 0.881. The Bertz CT molecular complexity index is 182. The van der Waals surface area contributed by atoms with Gasteiger partial charge in [-0.05, 0) is 25.0 Å². The van der Waals surface area contributed by atoms with Crippen LogP contribution in [-0.4, -0.2) is 61.1 Å². The maximum Gasteiger partial charge on any atom is 0.0866 e. The molecule has 0 unspecified atom stereocenters. The number of nitriles is 1. The van der Waals surface area contributed by atoms with Gasteiger partial charge < -0.3 is 4.90 Å². The predicted molar refractivity (Wildman–Crippen MR) is 61.5 cm³/mol. The zero-order chi connectivity index (χ0) is 10.2. The van der Waals surface area contributed by atoms with E-state index in [2.05, 4.69) is 22.1 Å². The van der Waals surface area contributed by atoms with E-state index >= 15 is 0 Å². The minimum atomic E-state index is 0.596. The van der Waals surface area contributed by atoms with Gasteiger partial charge in [0.15, 0.2) is 0 Å².